The van der Waals surface area contributed by atoms with Crippen molar-refractivity contribution in [2.24, 2.45) is 0 Å². The summed E-state index contributed by atoms with van der Waals surface area (Å²) >= 11 is 0. The van der Waals surface area contributed by atoms with Crippen LogP contribution in [0.5, 0.6) is 17.4 Å². The first kappa shape index (κ1) is 16.6. The van der Waals surface area contributed by atoms with Crippen LogP contribution in [0.4, 0.5) is 4.39 Å². The van der Waals surface area contributed by atoms with Crippen molar-refractivity contribution >= 4 is 5.97 Å². The molecular formula is C20H16FNO3. The molecule has 25 heavy (non-hydrogen) atoms. The summed E-state index contributed by atoms with van der Waals surface area (Å²) in [6.45, 7) is 3.80. The summed E-state index contributed by atoms with van der Waals surface area (Å²) in [6.07, 6.45) is 1.61. The highest BCUT2D eigenvalue weighted by Gasteiger charge is 2.17. The maximum Gasteiger partial charge on any atom is 0.343 e. The molecule has 126 valence electrons. The molecule has 0 fully saturated rings. The quantitative estimate of drug-likeness (QED) is 0.504. The highest BCUT2D eigenvalue weighted by atomic mass is 19.1. The van der Waals surface area contributed by atoms with Gasteiger partial charge in [0.2, 0.25) is 11.6 Å². The van der Waals surface area contributed by atoms with Gasteiger partial charge in [0.15, 0.2) is 11.6 Å². The smallest absolute Gasteiger partial charge is 0.343 e. The summed E-state index contributed by atoms with van der Waals surface area (Å²) in [4.78, 5) is 16.3. The molecule has 1 aromatic heterocycles. The molecule has 3 rings (SSSR count). The van der Waals surface area contributed by atoms with E-state index in [2.05, 4.69) is 4.98 Å². The van der Waals surface area contributed by atoms with E-state index in [1.54, 1.807) is 42.6 Å². The Labute approximate surface area is 144 Å². The minimum atomic E-state index is -0.642. The third-order valence-electron chi connectivity index (χ3n) is 3.51. The van der Waals surface area contributed by atoms with Crippen LogP contribution in [0.3, 0.4) is 0 Å². The highest BCUT2D eigenvalue weighted by Crippen LogP contribution is 2.34. The van der Waals surface area contributed by atoms with E-state index >= 15 is 0 Å². The van der Waals surface area contributed by atoms with Crippen molar-refractivity contribution in [3.63, 3.8) is 0 Å². The summed E-state index contributed by atoms with van der Waals surface area (Å²) in [7, 11) is 0. The Morgan fingerprint density at radius 3 is 2.36 bits per heavy atom. The van der Waals surface area contributed by atoms with Gasteiger partial charge in [-0.25, -0.2) is 14.2 Å². The molecule has 0 bridgehead atoms. The number of halogens is 1. The minimum Gasteiger partial charge on any atom is -0.432 e. The lowest BCUT2D eigenvalue weighted by Crippen LogP contribution is -2.09. The van der Waals surface area contributed by atoms with Gasteiger partial charge in [-0.2, -0.15) is 0 Å². The second-order valence-corrected chi connectivity index (χ2v) is 5.60. The summed E-state index contributed by atoms with van der Waals surface area (Å²) in [5, 5.41) is 0. The average molecular weight is 337 g/mol. The first-order valence-corrected chi connectivity index (χ1v) is 7.71. The van der Waals surface area contributed by atoms with Crippen LogP contribution in [0.1, 0.15) is 21.5 Å². The Balaban J connectivity index is 1.86. The number of aryl methyl sites for hydroxylation is 2. The molecule has 0 atom stereocenters. The van der Waals surface area contributed by atoms with Crippen molar-refractivity contribution in [3.8, 4) is 17.4 Å². The lowest BCUT2D eigenvalue weighted by atomic mass is 10.1. The molecule has 0 saturated carbocycles. The summed E-state index contributed by atoms with van der Waals surface area (Å²) in [6, 6.07) is 14.5. The number of esters is 1. The van der Waals surface area contributed by atoms with E-state index < -0.39 is 11.8 Å². The Morgan fingerprint density at radius 1 is 0.960 bits per heavy atom. The Morgan fingerprint density at radius 2 is 1.68 bits per heavy atom. The van der Waals surface area contributed by atoms with Crippen molar-refractivity contribution in [1.82, 2.24) is 4.98 Å². The van der Waals surface area contributed by atoms with E-state index in [4.69, 9.17) is 9.47 Å². The minimum absolute atomic E-state index is 0.00653. The number of para-hydroxylation sites is 1. The molecular weight excluding hydrogens is 321 g/mol. The number of ether oxygens (including phenoxy) is 2. The van der Waals surface area contributed by atoms with Crippen LogP contribution in [0.2, 0.25) is 0 Å². The van der Waals surface area contributed by atoms with Gasteiger partial charge in [-0.05, 0) is 43.7 Å². The summed E-state index contributed by atoms with van der Waals surface area (Å²) in [5.41, 5.74) is 2.35. The Bertz CT molecular complexity index is 890. The molecule has 5 heteroatoms. The largest absolute Gasteiger partial charge is 0.432 e. The molecule has 0 spiro atoms. The van der Waals surface area contributed by atoms with Crippen LogP contribution in [-0.2, 0) is 0 Å². The van der Waals surface area contributed by atoms with Gasteiger partial charge >= 0.3 is 5.97 Å². The van der Waals surface area contributed by atoms with Gasteiger partial charge < -0.3 is 9.47 Å². The molecule has 0 saturated heterocycles. The summed E-state index contributed by atoms with van der Waals surface area (Å²) < 4.78 is 25.0. The molecule has 1 heterocycles. The number of carbonyl (C=O) groups excluding carboxylic acids is 1. The molecule has 0 amide bonds. The lowest BCUT2D eigenvalue weighted by Gasteiger charge is -2.11. The third-order valence-corrected chi connectivity index (χ3v) is 3.51. The zero-order valence-corrected chi connectivity index (χ0v) is 13.8. The number of hydrogen-bond donors (Lipinski definition) is 0. The predicted molar refractivity (Wildman–Crippen MR) is 91.6 cm³/mol. The number of nitrogens with zero attached hydrogens (tertiary/aromatic N) is 1. The lowest BCUT2D eigenvalue weighted by molar-refractivity contribution is 0.0729. The third kappa shape index (κ3) is 4.01. The fraction of sp³-hybridized carbons (Fsp3) is 0.100. The number of aromatic nitrogens is 1. The fourth-order valence-electron chi connectivity index (χ4n) is 2.14. The maximum atomic E-state index is 14.2. The molecule has 2 aromatic carbocycles. The molecule has 0 unspecified atom stereocenters. The first-order valence-electron chi connectivity index (χ1n) is 7.71. The van der Waals surface area contributed by atoms with E-state index in [1.807, 2.05) is 13.8 Å². The number of carbonyl (C=O) groups is 1. The van der Waals surface area contributed by atoms with Gasteiger partial charge in [-0.1, -0.05) is 29.8 Å². The van der Waals surface area contributed by atoms with Gasteiger partial charge in [-0.15, -0.1) is 0 Å². The van der Waals surface area contributed by atoms with E-state index in [0.29, 0.717) is 5.56 Å². The summed E-state index contributed by atoms with van der Waals surface area (Å²) in [5.74, 6) is -1.21. The van der Waals surface area contributed by atoms with Crippen LogP contribution in [0.15, 0.2) is 60.8 Å². The Hall–Kier alpha value is -3.21. The van der Waals surface area contributed by atoms with E-state index in [1.165, 1.54) is 18.2 Å². The van der Waals surface area contributed by atoms with Gasteiger partial charge in [0.05, 0.1) is 5.56 Å². The second-order valence-electron chi connectivity index (χ2n) is 5.60. The van der Waals surface area contributed by atoms with Crippen molar-refractivity contribution in [2.45, 2.75) is 13.8 Å². The van der Waals surface area contributed by atoms with Gasteiger partial charge in [0, 0.05) is 12.3 Å². The maximum absolute atomic E-state index is 14.2. The topological polar surface area (TPSA) is 48.4 Å². The van der Waals surface area contributed by atoms with E-state index in [-0.39, 0.29) is 17.4 Å². The zero-order chi connectivity index (χ0) is 17.8. The first-order chi connectivity index (χ1) is 12.0. The monoisotopic (exact) mass is 337 g/mol. The second kappa shape index (κ2) is 7.13. The van der Waals surface area contributed by atoms with Crippen molar-refractivity contribution in [2.75, 3.05) is 0 Å². The molecule has 0 aliphatic carbocycles. The number of benzene rings is 2. The molecule has 4 nitrogen and oxygen atoms in total. The SMILES string of the molecule is Cc1ccc(C(=O)Oc2cccc(F)c2Oc2ccc(C)cn2)cc1. The van der Waals surface area contributed by atoms with Crippen molar-refractivity contribution < 1.29 is 18.7 Å². The van der Waals surface area contributed by atoms with E-state index in [0.717, 1.165) is 11.1 Å². The van der Waals surface area contributed by atoms with Crippen LogP contribution < -0.4 is 9.47 Å². The van der Waals surface area contributed by atoms with Crippen LogP contribution >= 0.6 is 0 Å². The fourth-order valence-corrected chi connectivity index (χ4v) is 2.14. The van der Waals surface area contributed by atoms with Crippen LogP contribution in [0.25, 0.3) is 0 Å². The molecule has 3 aromatic rings. The van der Waals surface area contributed by atoms with Gasteiger partial charge in [-0.3, -0.25) is 0 Å². The van der Waals surface area contributed by atoms with Crippen molar-refractivity contribution in [1.29, 1.82) is 0 Å². The predicted octanol–water partition coefficient (Wildman–Crippen LogP) is 4.85. The van der Waals surface area contributed by atoms with Crippen LogP contribution in [-0.4, -0.2) is 11.0 Å². The zero-order valence-electron chi connectivity index (χ0n) is 13.8. The average Bonchev–Trinajstić information content (AvgIpc) is 2.60. The molecule has 0 aliphatic heterocycles. The Kier molecular flexibility index (Phi) is 4.75. The number of hydrogen-bond acceptors (Lipinski definition) is 4. The molecule has 0 aliphatic rings. The van der Waals surface area contributed by atoms with Gasteiger partial charge in [0.25, 0.3) is 0 Å². The number of pyridine rings is 1. The van der Waals surface area contributed by atoms with E-state index in [9.17, 15) is 9.18 Å². The van der Waals surface area contributed by atoms with Gasteiger partial charge in [0.1, 0.15) is 0 Å². The normalized spacial score (nSPS) is 10.4. The van der Waals surface area contributed by atoms with Crippen LogP contribution in [0, 0.1) is 19.7 Å². The van der Waals surface area contributed by atoms with Crippen molar-refractivity contribution in [3.05, 3.63) is 83.3 Å². The number of rotatable bonds is 4. The molecule has 0 N–H and O–H groups in total. The highest BCUT2D eigenvalue weighted by molar-refractivity contribution is 5.91. The standard InChI is InChI=1S/C20H16FNO3/c1-13-6-9-15(10-7-13)20(23)24-17-5-3-4-16(21)19(17)25-18-11-8-14(2)12-22-18/h3-12H,1-2H3. The molecule has 0 radical (unpaired) electrons.